The number of aryl methyl sites for hydroxylation is 3. The van der Waals surface area contributed by atoms with Gasteiger partial charge < -0.3 is 10.1 Å². The van der Waals surface area contributed by atoms with Gasteiger partial charge in [-0.15, -0.1) is 0 Å². The van der Waals surface area contributed by atoms with Crippen LogP contribution in [0.3, 0.4) is 0 Å². The van der Waals surface area contributed by atoms with E-state index < -0.39 is 28.4 Å². The van der Waals surface area contributed by atoms with Crippen molar-refractivity contribution in [3.05, 3.63) is 71.0 Å². The first-order valence-electron chi connectivity index (χ1n) is 10.7. The van der Waals surface area contributed by atoms with E-state index in [-0.39, 0.29) is 17.1 Å². The van der Waals surface area contributed by atoms with Crippen molar-refractivity contribution in [3.63, 3.8) is 0 Å². The summed E-state index contributed by atoms with van der Waals surface area (Å²) in [4.78, 5) is 25.0. The summed E-state index contributed by atoms with van der Waals surface area (Å²) >= 11 is 0. The molecule has 2 aromatic carbocycles. The van der Waals surface area contributed by atoms with Crippen LogP contribution in [0, 0.1) is 20.8 Å². The number of ether oxygens (including phenoxy) is 1. The first kappa shape index (κ1) is 25.0. The molecule has 1 heterocycles. The van der Waals surface area contributed by atoms with Gasteiger partial charge in [0, 0.05) is 12.7 Å². The van der Waals surface area contributed by atoms with Gasteiger partial charge in [0.2, 0.25) is 5.91 Å². The summed E-state index contributed by atoms with van der Waals surface area (Å²) in [6.45, 7) is 6.64. The van der Waals surface area contributed by atoms with Gasteiger partial charge in [0.05, 0.1) is 29.2 Å². The Hall–Kier alpha value is -3.66. The van der Waals surface area contributed by atoms with Crippen molar-refractivity contribution in [1.29, 1.82) is 0 Å². The van der Waals surface area contributed by atoms with E-state index in [1.807, 2.05) is 6.92 Å². The number of amides is 1. The van der Waals surface area contributed by atoms with E-state index >= 15 is 0 Å². The quantitative estimate of drug-likeness (QED) is 0.491. The topological polar surface area (TPSA) is 111 Å². The highest BCUT2D eigenvalue weighted by Crippen LogP contribution is 2.28. The molecule has 0 aliphatic carbocycles. The molecule has 0 radical (unpaired) electrons. The molecule has 1 N–H and O–H groups in total. The molecule has 3 rings (SSSR count). The van der Waals surface area contributed by atoms with Gasteiger partial charge in [-0.1, -0.05) is 23.8 Å². The number of nitrogens with one attached hydrogen (secondary N) is 1. The average molecular weight is 485 g/mol. The number of hydrogen-bond acceptors (Lipinski definition) is 6. The predicted molar refractivity (Wildman–Crippen MR) is 129 cm³/mol. The number of anilines is 2. The van der Waals surface area contributed by atoms with E-state index in [1.54, 1.807) is 70.3 Å². The van der Waals surface area contributed by atoms with E-state index in [0.29, 0.717) is 22.8 Å². The van der Waals surface area contributed by atoms with Crippen LogP contribution in [0.4, 0.5) is 11.4 Å². The number of esters is 1. The second kappa shape index (κ2) is 10.1. The number of hydrogen-bond donors (Lipinski definition) is 1. The average Bonchev–Trinajstić information content (AvgIpc) is 3.04. The summed E-state index contributed by atoms with van der Waals surface area (Å²) in [5.74, 6) is -1.07. The molecule has 34 heavy (non-hydrogen) atoms. The molecule has 10 heteroatoms. The summed E-state index contributed by atoms with van der Waals surface area (Å²) in [6.07, 6.45) is 0. The van der Waals surface area contributed by atoms with Gasteiger partial charge in [0.25, 0.3) is 10.0 Å². The van der Waals surface area contributed by atoms with Crippen LogP contribution in [0.5, 0.6) is 0 Å². The van der Waals surface area contributed by atoms with E-state index in [4.69, 9.17) is 4.74 Å². The summed E-state index contributed by atoms with van der Waals surface area (Å²) in [5.41, 5.74) is 2.75. The fourth-order valence-corrected chi connectivity index (χ4v) is 5.36. The Morgan fingerprint density at radius 1 is 1.09 bits per heavy atom. The first-order chi connectivity index (χ1) is 16.0. The number of nitrogens with zero attached hydrogens (tertiary/aromatic N) is 3. The highest BCUT2D eigenvalue weighted by Gasteiger charge is 2.32. The van der Waals surface area contributed by atoms with Gasteiger partial charge in [-0.2, -0.15) is 5.10 Å². The molecule has 0 atom stereocenters. The van der Waals surface area contributed by atoms with Crippen LogP contribution in [0.15, 0.2) is 53.4 Å². The number of benzene rings is 2. The van der Waals surface area contributed by atoms with Crippen LogP contribution in [0.25, 0.3) is 0 Å². The molecule has 0 aliphatic heterocycles. The van der Waals surface area contributed by atoms with Crippen LogP contribution >= 0.6 is 0 Å². The van der Waals surface area contributed by atoms with Crippen LogP contribution in [0.1, 0.15) is 34.2 Å². The molecule has 1 amide bonds. The molecule has 0 fully saturated rings. The Kier molecular flexibility index (Phi) is 7.41. The lowest BCUT2D eigenvalue weighted by molar-refractivity contribution is -0.114. The summed E-state index contributed by atoms with van der Waals surface area (Å²) in [5, 5.41) is 6.90. The Morgan fingerprint density at radius 2 is 1.76 bits per heavy atom. The molecule has 0 unspecified atom stereocenters. The molecular weight excluding hydrogens is 456 g/mol. The summed E-state index contributed by atoms with van der Waals surface area (Å²) < 4.78 is 35.0. The van der Waals surface area contributed by atoms with Crippen molar-refractivity contribution in [3.8, 4) is 0 Å². The Bertz CT molecular complexity index is 1310. The third-order valence-corrected chi connectivity index (χ3v) is 7.28. The SMILES string of the molecule is CCOC(=O)c1cccc(NC(=O)CN(c2ccc(C)cc2)S(=O)(=O)c2c(C)nn(C)c2C)c1. The highest BCUT2D eigenvalue weighted by molar-refractivity contribution is 7.93. The Morgan fingerprint density at radius 3 is 2.35 bits per heavy atom. The largest absolute Gasteiger partial charge is 0.462 e. The lowest BCUT2D eigenvalue weighted by atomic mass is 10.2. The minimum Gasteiger partial charge on any atom is -0.462 e. The zero-order chi connectivity index (χ0) is 25.0. The zero-order valence-electron chi connectivity index (χ0n) is 19.8. The molecule has 0 spiro atoms. The van der Waals surface area contributed by atoms with E-state index in [2.05, 4.69) is 10.4 Å². The van der Waals surface area contributed by atoms with Gasteiger partial charge in [-0.25, -0.2) is 13.2 Å². The normalized spacial score (nSPS) is 11.2. The maximum Gasteiger partial charge on any atom is 0.338 e. The van der Waals surface area contributed by atoms with Crippen LogP contribution in [-0.2, 0) is 26.6 Å². The molecule has 3 aromatic rings. The third kappa shape index (κ3) is 5.28. The second-order valence-corrected chi connectivity index (χ2v) is 9.62. The molecular formula is C24H28N4O5S. The second-order valence-electron chi connectivity index (χ2n) is 7.82. The number of sulfonamides is 1. The lowest BCUT2D eigenvalue weighted by Gasteiger charge is -2.24. The van der Waals surface area contributed by atoms with Crippen molar-refractivity contribution >= 4 is 33.3 Å². The van der Waals surface area contributed by atoms with Gasteiger partial charge in [-0.3, -0.25) is 13.8 Å². The maximum absolute atomic E-state index is 13.7. The molecule has 0 saturated carbocycles. The minimum atomic E-state index is -4.11. The van der Waals surface area contributed by atoms with Crippen molar-refractivity contribution in [2.75, 3.05) is 22.8 Å². The van der Waals surface area contributed by atoms with Crippen molar-refractivity contribution in [2.45, 2.75) is 32.6 Å². The van der Waals surface area contributed by atoms with Gasteiger partial charge in [-0.05, 0) is 58.0 Å². The van der Waals surface area contributed by atoms with E-state index in [1.165, 1.54) is 10.7 Å². The fraction of sp³-hybridized carbons (Fsp3) is 0.292. The highest BCUT2D eigenvalue weighted by atomic mass is 32.2. The molecule has 0 aliphatic rings. The Balaban J connectivity index is 1.94. The number of aromatic nitrogens is 2. The standard InChI is InChI=1S/C24H28N4O5S/c1-6-33-24(30)19-8-7-9-20(14-19)25-22(29)15-28(21-12-10-16(2)11-13-21)34(31,32)23-17(3)26-27(5)18(23)4/h7-14H,6,15H2,1-5H3,(H,25,29). The summed E-state index contributed by atoms with van der Waals surface area (Å²) in [6, 6.07) is 13.1. The number of rotatable bonds is 8. The molecule has 9 nitrogen and oxygen atoms in total. The van der Waals surface area contributed by atoms with Crippen molar-refractivity contribution in [2.24, 2.45) is 7.05 Å². The van der Waals surface area contributed by atoms with Crippen LogP contribution in [0.2, 0.25) is 0 Å². The van der Waals surface area contributed by atoms with Crippen molar-refractivity contribution in [1.82, 2.24) is 9.78 Å². The molecule has 0 bridgehead atoms. The van der Waals surface area contributed by atoms with E-state index in [0.717, 1.165) is 9.87 Å². The summed E-state index contributed by atoms with van der Waals surface area (Å²) in [7, 11) is -2.44. The fourth-order valence-electron chi connectivity index (χ4n) is 3.53. The molecule has 180 valence electrons. The van der Waals surface area contributed by atoms with Crippen LogP contribution < -0.4 is 9.62 Å². The first-order valence-corrected chi connectivity index (χ1v) is 12.1. The minimum absolute atomic E-state index is 0.0627. The van der Waals surface area contributed by atoms with Gasteiger partial charge in [0.15, 0.2) is 0 Å². The maximum atomic E-state index is 13.7. The van der Waals surface area contributed by atoms with Crippen molar-refractivity contribution < 1.29 is 22.7 Å². The molecule has 1 aromatic heterocycles. The van der Waals surface area contributed by atoms with Gasteiger partial charge in [0.1, 0.15) is 11.4 Å². The smallest absolute Gasteiger partial charge is 0.338 e. The van der Waals surface area contributed by atoms with Gasteiger partial charge >= 0.3 is 5.97 Å². The lowest BCUT2D eigenvalue weighted by Crippen LogP contribution is -2.38. The zero-order valence-corrected chi connectivity index (χ0v) is 20.6. The number of carbonyl (C=O) groups excluding carboxylic acids is 2. The van der Waals surface area contributed by atoms with E-state index in [9.17, 15) is 18.0 Å². The van der Waals surface area contributed by atoms with Crippen LogP contribution in [-0.4, -0.2) is 43.2 Å². The third-order valence-electron chi connectivity index (χ3n) is 5.26. The number of carbonyl (C=O) groups is 2. The monoisotopic (exact) mass is 484 g/mol. The Labute approximate surface area is 199 Å². The predicted octanol–water partition coefficient (Wildman–Crippen LogP) is 3.36. The molecule has 0 saturated heterocycles.